The van der Waals surface area contributed by atoms with Crippen molar-refractivity contribution in [1.82, 2.24) is 0 Å². The van der Waals surface area contributed by atoms with Crippen molar-refractivity contribution in [2.75, 3.05) is 12.9 Å². The number of ether oxygens (including phenoxy) is 1. The van der Waals surface area contributed by atoms with E-state index in [4.69, 9.17) is 8.92 Å². The van der Waals surface area contributed by atoms with E-state index in [0.29, 0.717) is 12.0 Å². The van der Waals surface area contributed by atoms with E-state index in [1.165, 1.54) is 12.1 Å². The fraction of sp³-hybridized carbons (Fsp3) is 0.360. The average Bonchev–Trinajstić information content (AvgIpc) is 3.27. The second-order valence-corrected chi connectivity index (χ2v) is 11.5. The second-order valence-electron chi connectivity index (χ2n) is 8.69. The molecule has 0 aliphatic carbocycles. The van der Waals surface area contributed by atoms with Crippen molar-refractivity contribution in [3.8, 4) is 10.4 Å². The molecule has 0 radical (unpaired) electrons. The molecule has 4 rings (SSSR count). The van der Waals surface area contributed by atoms with Gasteiger partial charge in [0.25, 0.3) is 10.1 Å². The standard InChI is InChI=1S/C25H27FO7S2/c1-14-3-4-16(25-24(29)23(28)22(27)20(33-25)13-32-35(2,30)31)11-17(14)12-19-9-10-21(34-19)15-5-7-18(26)8-6-15/h3-11,20,22-25,27-29H,12-13H2,1-2H3/t20-,22-,23+,24-,25+/m1/s1. The molecule has 0 bridgehead atoms. The molecule has 5 atom stereocenters. The summed E-state index contributed by atoms with van der Waals surface area (Å²) in [4.78, 5) is 2.11. The quantitative estimate of drug-likeness (QED) is 0.409. The van der Waals surface area contributed by atoms with Crippen molar-refractivity contribution in [3.63, 3.8) is 0 Å². The van der Waals surface area contributed by atoms with E-state index >= 15 is 0 Å². The molecule has 188 valence electrons. The Morgan fingerprint density at radius 3 is 2.40 bits per heavy atom. The lowest BCUT2D eigenvalue weighted by Crippen LogP contribution is -2.55. The predicted octanol–water partition coefficient (Wildman–Crippen LogP) is 2.95. The summed E-state index contributed by atoms with van der Waals surface area (Å²) in [5.41, 5.74) is 3.52. The van der Waals surface area contributed by atoms with E-state index in [1.807, 2.05) is 31.2 Å². The molecule has 3 aromatic rings. The topological polar surface area (TPSA) is 113 Å². The monoisotopic (exact) mass is 522 g/mol. The van der Waals surface area contributed by atoms with Crippen molar-refractivity contribution in [2.45, 2.75) is 43.9 Å². The molecule has 0 saturated carbocycles. The summed E-state index contributed by atoms with van der Waals surface area (Å²) in [7, 11) is -3.78. The number of halogens is 1. The molecule has 10 heteroatoms. The average molecular weight is 523 g/mol. The third-order valence-electron chi connectivity index (χ3n) is 6.02. The highest BCUT2D eigenvalue weighted by molar-refractivity contribution is 7.85. The molecule has 1 aliphatic heterocycles. The first-order chi connectivity index (χ1) is 16.5. The molecule has 1 aliphatic rings. The Bertz CT molecular complexity index is 1270. The summed E-state index contributed by atoms with van der Waals surface area (Å²) in [5.74, 6) is -0.284. The maximum atomic E-state index is 13.2. The highest BCUT2D eigenvalue weighted by Crippen LogP contribution is 2.35. The minimum Gasteiger partial charge on any atom is -0.387 e. The molecular weight excluding hydrogens is 495 g/mol. The number of aliphatic hydroxyl groups excluding tert-OH is 3. The summed E-state index contributed by atoms with van der Waals surface area (Å²) in [6, 6.07) is 15.9. The van der Waals surface area contributed by atoms with Gasteiger partial charge in [-0.1, -0.05) is 30.3 Å². The molecule has 0 unspecified atom stereocenters. The van der Waals surface area contributed by atoms with E-state index in [0.717, 1.165) is 32.7 Å². The van der Waals surface area contributed by atoms with E-state index in [-0.39, 0.29) is 5.82 Å². The molecule has 7 nitrogen and oxygen atoms in total. The van der Waals surface area contributed by atoms with Crippen molar-refractivity contribution in [3.05, 3.63) is 82.0 Å². The van der Waals surface area contributed by atoms with Gasteiger partial charge in [0, 0.05) is 16.2 Å². The zero-order valence-electron chi connectivity index (χ0n) is 19.2. The molecule has 2 heterocycles. The van der Waals surface area contributed by atoms with Crippen LogP contribution < -0.4 is 0 Å². The molecule has 1 fully saturated rings. The van der Waals surface area contributed by atoms with Crippen LogP contribution in [0.25, 0.3) is 10.4 Å². The van der Waals surface area contributed by atoms with Gasteiger partial charge in [0.05, 0.1) is 12.9 Å². The Morgan fingerprint density at radius 1 is 1.00 bits per heavy atom. The van der Waals surface area contributed by atoms with Crippen molar-refractivity contribution in [1.29, 1.82) is 0 Å². The number of hydrogen-bond acceptors (Lipinski definition) is 8. The normalized spacial score (nSPS) is 25.0. The van der Waals surface area contributed by atoms with Crippen LogP contribution in [0.3, 0.4) is 0 Å². The lowest BCUT2D eigenvalue weighted by atomic mass is 9.89. The fourth-order valence-electron chi connectivity index (χ4n) is 4.04. The molecule has 0 amide bonds. The van der Waals surface area contributed by atoms with Crippen LogP contribution in [0.2, 0.25) is 0 Å². The first-order valence-corrected chi connectivity index (χ1v) is 13.6. The van der Waals surface area contributed by atoms with Crippen LogP contribution in [0.15, 0.2) is 54.6 Å². The van der Waals surface area contributed by atoms with Crippen LogP contribution in [-0.4, -0.2) is 61.0 Å². The summed E-state index contributed by atoms with van der Waals surface area (Å²) in [6.45, 7) is 1.48. The van der Waals surface area contributed by atoms with E-state index in [1.54, 1.807) is 29.5 Å². The van der Waals surface area contributed by atoms with E-state index < -0.39 is 47.2 Å². The Hall–Kier alpha value is -2.18. The third-order valence-corrected chi connectivity index (χ3v) is 7.71. The molecule has 2 aromatic carbocycles. The van der Waals surface area contributed by atoms with Crippen LogP contribution in [-0.2, 0) is 25.5 Å². The van der Waals surface area contributed by atoms with Gasteiger partial charge in [-0.15, -0.1) is 11.3 Å². The molecule has 35 heavy (non-hydrogen) atoms. The summed E-state index contributed by atoms with van der Waals surface area (Å²) < 4.78 is 46.5. The highest BCUT2D eigenvalue weighted by Gasteiger charge is 2.44. The lowest BCUT2D eigenvalue weighted by molar-refractivity contribution is -0.229. The van der Waals surface area contributed by atoms with Gasteiger partial charge in [0.15, 0.2) is 0 Å². The predicted molar refractivity (Wildman–Crippen MR) is 130 cm³/mol. The number of benzene rings is 2. The summed E-state index contributed by atoms with van der Waals surface area (Å²) >= 11 is 1.60. The van der Waals surface area contributed by atoms with E-state index in [2.05, 4.69) is 0 Å². The Morgan fingerprint density at radius 2 is 1.71 bits per heavy atom. The lowest BCUT2D eigenvalue weighted by Gasteiger charge is -2.40. The van der Waals surface area contributed by atoms with Gasteiger partial charge in [0.2, 0.25) is 0 Å². The van der Waals surface area contributed by atoms with Gasteiger partial charge in [-0.3, -0.25) is 4.18 Å². The van der Waals surface area contributed by atoms with Gasteiger partial charge >= 0.3 is 0 Å². The minimum atomic E-state index is -3.78. The molecule has 0 spiro atoms. The van der Waals surface area contributed by atoms with Crippen molar-refractivity contribution < 1.29 is 37.0 Å². The largest absolute Gasteiger partial charge is 0.387 e. The minimum absolute atomic E-state index is 0.284. The maximum Gasteiger partial charge on any atom is 0.264 e. The third kappa shape index (κ3) is 6.15. The first kappa shape index (κ1) is 25.9. The van der Waals surface area contributed by atoms with Crippen LogP contribution in [0.1, 0.15) is 27.7 Å². The summed E-state index contributed by atoms with van der Waals surface area (Å²) in [6.07, 6.45) is -5.11. The Balaban J connectivity index is 1.55. The smallest absolute Gasteiger partial charge is 0.264 e. The van der Waals surface area contributed by atoms with Crippen LogP contribution in [0.5, 0.6) is 0 Å². The van der Waals surface area contributed by atoms with Gasteiger partial charge < -0.3 is 20.1 Å². The number of thiophene rings is 1. The number of rotatable bonds is 7. The van der Waals surface area contributed by atoms with Crippen molar-refractivity contribution in [2.24, 2.45) is 0 Å². The zero-order chi connectivity index (χ0) is 25.3. The Kier molecular flexibility index (Phi) is 7.72. The molecule has 1 aromatic heterocycles. The Labute approximate surface area is 207 Å². The second kappa shape index (κ2) is 10.4. The number of aliphatic hydroxyl groups is 3. The molecule has 3 N–H and O–H groups in total. The number of aryl methyl sites for hydroxylation is 1. The van der Waals surface area contributed by atoms with Gasteiger partial charge in [-0.05, 0) is 53.4 Å². The number of hydrogen-bond donors (Lipinski definition) is 3. The SMILES string of the molecule is Cc1ccc([C@@H]2O[C@H](COS(C)(=O)=O)[C@@H](O)[C@H](O)[C@H]2O)cc1Cc1ccc(-c2ccc(F)cc2)s1. The first-order valence-electron chi connectivity index (χ1n) is 11.0. The van der Waals surface area contributed by atoms with Gasteiger partial charge in [0.1, 0.15) is 36.3 Å². The van der Waals surface area contributed by atoms with Crippen LogP contribution >= 0.6 is 11.3 Å². The molecular formula is C25H27FO7S2. The molecule has 1 saturated heterocycles. The summed E-state index contributed by atoms with van der Waals surface area (Å²) in [5, 5.41) is 31.2. The highest BCUT2D eigenvalue weighted by atomic mass is 32.2. The van der Waals surface area contributed by atoms with Gasteiger partial charge in [-0.25, -0.2) is 4.39 Å². The van der Waals surface area contributed by atoms with E-state index in [9.17, 15) is 28.1 Å². The fourth-order valence-corrected chi connectivity index (χ4v) is 5.46. The van der Waals surface area contributed by atoms with Gasteiger partial charge in [-0.2, -0.15) is 8.42 Å². The zero-order valence-corrected chi connectivity index (χ0v) is 20.8. The van der Waals surface area contributed by atoms with Crippen LogP contribution in [0.4, 0.5) is 4.39 Å². The van der Waals surface area contributed by atoms with Crippen molar-refractivity contribution >= 4 is 21.5 Å². The maximum absolute atomic E-state index is 13.2. The van der Waals surface area contributed by atoms with Crippen LogP contribution in [0, 0.1) is 12.7 Å².